The Morgan fingerprint density at radius 2 is 2.12 bits per heavy atom. The maximum Gasteiger partial charge on any atom is 0.0595 e. The van der Waals surface area contributed by atoms with Crippen molar-refractivity contribution in [2.24, 2.45) is 5.92 Å². The second-order valence-electron chi connectivity index (χ2n) is 4.77. The van der Waals surface area contributed by atoms with Crippen LogP contribution in [0.25, 0.3) is 0 Å². The van der Waals surface area contributed by atoms with Crippen molar-refractivity contribution in [3.8, 4) is 0 Å². The fourth-order valence-corrected chi connectivity index (χ4v) is 2.89. The number of likely N-dealkylation sites (tertiary alicyclic amines) is 1. The normalized spacial score (nSPS) is 26.1. The smallest absolute Gasteiger partial charge is 0.0595 e. The van der Waals surface area contributed by atoms with Crippen LogP contribution in [0, 0.1) is 5.92 Å². The number of hydrogen-bond acceptors (Lipinski definition) is 2. The van der Waals surface area contributed by atoms with Crippen LogP contribution in [0.5, 0.6) is 0 Å². The molecule has 2 rings (SSSR count). The Kier molecular flexibility index (Phi) is 4.31. The molecular weight excluding hydrogens is 257 g/mol. The molecule has 1 fully saturated rings. The largest absolute Gasteiger partial charge is 0.396 e. The molecule has 1 heterocycles. The van der Waals surface area contributed by atoms with E-state index in [2.05, 4.69) is 11.9 Å². The van der Waals surface area contributed by atoms with Crippen LogP contribution in [-0.2, 0) is 0 Å². The number of halogens is 2. The Morgan fingerprint density at radius 3 is 2.76 bits per heavy atom. The van der Waals surface area contributed by atoms with Crippen LogP contribution in [-0.4, -0.2) is 36.8 Å². The standard InChI is InChI=1S/C13H17Cl2NO/c1-16-5-4-11(10(7-16)8-17)9-2-3-12(14)13(15)6-9/h2-3,6,10-11,17H,4-5,7-8H2,1H3/t10-,11+/m0/s1. The van der Waals surface area contributed by atoms with E-state index in [-0.39, 0.29) is 12.5 Å². The van der Waals surface area contributed by atoms with Gasteiger partial charge in [0.05, 0.1) is 10.0 Å². The van der Waals surface area contributed by atoms with Gasteiger partial charge in [0.2, 0.25) is 0 Å². The van der Waals surface area contributed by atoms with Crippen LogP contribution >= 0.6 is 23.2 Å². The summed E-state index contributed by atoms with van der Waals surface area (Å²) in [7, 11) is 2.09. The predicted molar refractivity (Wildman–Crippen MR) is 71.9 cm³/mol. The van der Waals surface area contributed by atoms with E-state index in [4.69, 9.17) is 23.2 Å². The lowest BCUT2D eigenvalue weighted by molar-refractivity contribution is 0.118. The molecule has 1 aliphatic heterocycles. The van der Waals surface area contributed by atoms with Crippen molar-refractivity contribution in [3.63, 3.8) is 0 Å². The van der Waals surface area contributed by atoms with Gasteiger partial charge in [-0.25, -0.2) is 0 Å². The lowest BCUT2D eigenvalue weighted by atomic mass is 9.81. The molecule has 1 aromatic rings. The van der Waals surface area contributed by atoms with E-state index in [9.17, 15) is 5.11 Å². The summed E-state index contributed by atoms with van der Waals surface area (Å²) >= 11 is 12.0. The lowest BCUT2D eigenvalue weighted by Crippen LogP contribution is -2.38. The Bertz CT molecular complexity index is 397. The predicted octanol–water partition coefficient (Wildman–Crippen LogP) is 3.02. The van der Waals surface area contributed by atoms with Gasteiger partial charge >= 0.3 is 0 Å². The summed E-state index contributed by atoms with van der Waals surface area (Å²) in [5.41, 5.74) is 1.19. The molecule has 2 nitrogen and oxygen atoms in total. The molecule has 1 N–H and O–H groups in total. The highest BCUT2D eigenvalue weighted by molar-refractivity contribution is 6.42. The molecule has 0 radical (unpaired) electrons. The first-order valence-electron chi connectivity index (χ1n) is 5.86. The number of nitrogens with zero attached hydrogens (tertiary/aromatic N) is 1. The maximum absolute atomic E-state index is 9.48. The van der Waals surface area contributed by atoms with Gasteiger partial charge in [0.25, 0.3) is 0 Å². The SMILES string of the molecule is CN1CC[C@H](c2ccc(Cl)c(Cl)c2)[C@H](CO)C1. The van der Waals surface area contributed by atoms with Crippen LogP contribution in [0.4, 0.5) is 0 Å². The lowest BCUT2D eigenvalue weighted by Gasteiger charge is -2.36. The monoisotopic (exact) mass is 273 g/mol. The topological polar surface area (TPSA) is 23.5 Å². The van der Waals surface area contributed by atoms with Crippen LogP contribution in [0.2, 0.25) is 10.0 Å². The molecule has 17 heavy (non-hydrogen) atoms. The summed E-state index contributed by atoms with van der Waals surface area (Å²) < 4.78 is 0. The van der Waals surface area contributed by atoms with Gasteiger partial charge in [0, 0.05) is 19.1 Å². The zero-order chi connectivity index (χ0) is 12.4. The Labute approximate surface area is 112 Å². The molecule has 0 amide bonds. The van der Waals surface area contributed by atoms with E-state index in [0.29, 0.717) is 16.0 Å². The molecule has 0 saturated carbocycles. The van der Waals surface area contributed by atoms with Crippen molar-refractivity contribution in [3.05, 3.63) is 33.8 Å². The van der Waals surface area contributed by atoms with Crippen molar-refractivity contribution in [2.45, 2.75) is 12.3 Å². The molecule has 0 bridgehead atoms. The van der Waals surface area contributed by atoms with Crippen molar-refractivity contribution >= 4 is 23.2 Å². The first kappa shape index (κ1) is 13.2. The Morgan fingerprint density at radius 1 is 1.35 bits per heavy atom. The number of benzene rings is 1. The minimum absolute atomic E-state index is 0.218. The number of aliphatic hydroxyl groups is 1. The molecule has 0 unspecified atom stereocenters. The summed E-state index contributed by atoms with van der Waals surface area (Å²) in [5, 5.41) is 10.7. The van der Waals surface area contributed by atoms with Gasteiger partial charge in [-0.3, -0.25) is 0 Å². The summed E-state index contributed by atoms with van der Waals surface area (Å²) in [4.78, 5) is 2.26. The molecule has 1 aliphatic rings. The molecule has 94 valence electrons. The van der Waals surface area contributed by atoms with Gasteiger partial charge in [0.1, 0.15) is 0 Å². The number of aliphatic hydroxyl groups excluding tert-OH is 1. The Balaban J connectivity index is 2.22. The molecule has 2 atom stereocenters. The third-order valence-corrected chi connectivity index (χ3v) is 4.28. The van der Waals surface area contributed by atoms with Gasteiger partial charge in [-0.15, -0.1) is 0 Å². The van der Waals surface area contributed by atoms with Gasteiger partial charge in [0.15, 0.2) is 0 Å². The molecule has 0 aliphatic carbocycles. The number of hydrogen-bond donors (Lipinski definition) is 1. The minimum Gasteiger partial charge on any atom is -0.396 e. The average Bonchev–Trinajstić information content (AvgIpc) is 2.32. The van der Waals surface area contributed by atoms with Crippen LogP contribution in [0.15, 0.2) is 18.2 Å². The van der Waals surface area contributed by atoms with Crippen LogP contribution in [0.3, 0.4) is 0 Å². The number of piperidine rings is 1. The highest BCUT2D eigenvalue weighted by Crippen LogP contribution is 2.35. The zero-order valence-electron chi connectivity index (χ0n) is 9.87. The molecule has 4 heteroatoms. The van der Waals surface area contributed by atoms with Crippen molar-refractivity contribution in [1.82, 2.24) is 4.90 Å². The summed E-state index contributed by atoms with van der Waals surface area (Å²) in [6, 6.07) is 5.79. The third kappa shape index (κ3) is 2.94. The quantitative estimate of drug-likeness (QED) is 0.896. The molecule has 1 aromatic carbocycles. The van der Waals surface area contributed by atoms with E-state index in [1.165, 1.54) is 5.56 Å². The van der Waals surface area contributed by atoms with E-state index in [0.717, 1.165) is 19.5 Å². The summed E-state index contributed by atoms with van der Waals surface area (Å²) in [5.74, 6) is 0.664. The van der Waals surface area contributed by atoms with E-state index in [1.807, 2.05) is 18.2 Å². The van der Waals surface area contributed by atoms with Gasteiger partial charge in [-0.2, -0.15) is 0 Å². The Hall–Kier alpha value is -0.280. The van der Waals surface area contributed by atoms with Gasteiger partial charge < -0.3 is 10.0 Å². The second-order valence-corrected chi connectivity index (χ2v) is 5.59. The summed E-state index contributed by atoms with van der Waals surface area (Å²) in [6.07, 6.45) is 1.06. The minimum atomic E-state index is 0.218. The molecule has 0 aromatic heterocycles. The fourth-order valence-electron chi connectivity index (χ4n) is 2.58. The highest BCUT2D eigenvalue weighted by atomic mass is 35.5. The third-order valence-electron chi connectivity index (χ3n) is 3.54. The second kappa shape index (κ2) is 5.57. The summed E-state index contributed by atoms with van der Waals surface area (Å²) in [6.45, 7) is 2.21. The first-order valence-corrected chi connectivity index (χ1v) is 6.61. The van der Waals surface area contributed by atoms with Crippen molar-refractivity contribution in [1.29, 1.82) is 0 Å². The van der Waals surface area contributed by atoms with Crippen LogP contribution in [0.1, 0.15) is 17.9 Å². The van der Waals surface area contributed by atoms with Crippen molar-refractivity contribution < 1.29 is 5.11 Å². The fraction of sp³-hybridized carbons (Fsp3) is 0.538. The molecule has 0 spiro atoms. The van der Waals surface area contributed by atoms with Gasteiger partial charge in [-0.1, -0.05) is 29.3 Å². The first-order chi connectivity index (χ1) is 8.11. The van der Waals surface area contributed by atoms with Crippen LogP contribution < -0.4 is 0 Å². The molecular formula is C13H17Cl2NO. The van der Waals surface area contributed by atoms with E-state index < -0.39 is 0 Å². The highest BCUT2D eigenvalue weighted by Gasteiger charge is 2.28. The molecule has 1 saturated heterocycles. The average molecular weight is 274 g/mol. The van der Waals surface area contributed by atoms with E-state index in [1.54, 1.807) is 0 Å². The van der Waals surface area contributed by atoms with Gasteiger partial charge in [-0.05, 0) is 43.6 Å². The number of rotatable bonds is 2. The zero-order valence-corrected chi connectivity index (χ0v) is 11.4. The van der Waals surface area contributed by atoms with Crippen molar-refractivity contribution in [2.75, 3.05) is 26.7 Å². The maximum atomic E-state index is 9.48. The van der Waals surface area contributed by atoms with E-state index >= 15 is 0 Å².